The van der Waals surface area contributed by atoms with Gasteiger partial charge in [-0.3, -0.25) is 15.6 Å². The smallest absolute Gasteiger partial charge is 0.241 e. The Morgan fingerprint density at radius 1 is 1.22 bits per heavy atom. The van der Waals surface area contributed by atoms with Crippen LogP contribution in [-0.2, 0) is 11.2 Å². The van der Waals surface area contributed by atoms with E-state index in [4.69, 9.17) is 12.2 Å². The van der Waals surface area contributed by atoms with Gasteiger partial charge in [0, 0.05) is 12.5 Å². The van der Waals surface area contributed by atoms with Crippen molar-refractivity contribution in [2.75, 3.05) is 6.54 Å². The third-order valence-corrected chi connectivity index (χ3v) is 3.04. The SMILES string of the molecule is O=C(NNC(=S)NCCc1ccccc1)C1CC1. The lowest BCUT2D eigenvalue weighted by Gasteiger charge is -2.11. The number of hydrazine groups is 1. The molecule has 1 aliphatic rings. The molecular formula is C13H17N3OS. The molecule has 1 fully saturated rings. The second-order valence-corrected chi connectivity index (χ2v) is 4.79. The second kappa shape index (κ2) is 6.35. The topological polar surface area (TPSA) is 53.2 Å². The number of benzene rings is 1. The van der Waals surface area contributed by atoms with Gasteiger partial charge in [0.2, 0.25) is 5.91 Å². The van der Waals surface area contributed by atoms with Crippen molar-refractivity contribution < 1.29 is 4.79 Å². The molecule has 2 rings (SSSR count). The van der Waals surface area contributed by atoms with Gasteiger partial charge in [0.25, 0.3) is 0 Å². The van der Waals surface area contributed by atoms with E-state index in [9.17, 15) is 4.79 Å². The first-order valence-corrected chi connectivity index (χ1v) is 6.54. The van der Waals surface area contributed by atoms with Crippen LogP contribution in [0, 0.1) is 5.92 Å². The Morgan fingerprint density at radius 2 is 1.94 bits per heavy atom. The first-order valence-electron chi connectivity index (χ1n) is 6.13. The van der Waals surface area contributed by atoms with Crippen molar-refractivity contribution in [1.82, 2.24) is 16.2 Å². The summed E-state index contributed by atoms with van der Waals surface area (Å²) in [4.78, 5) is 11.3. The highest BCUT2D eigenvalue weighted by atomic mass is 32.1. The predicted octanol–water partition coefficient (Wildman–Crippen LogP) is 1.13. The average Bonchev–Trinajstić information content (AvgIpc) is 3.21. The van der Waals surface area contributed by atoms with E-state index in [1.807, 2.05) is 18.2 Å². The van der Waals surface area contributed by atoms with Crippen LogP contribution in [0.25, 0.3) is 0 Å². The summed E-state index contributed by atoms with van der Waals surface area (Å²) in [5.74, 6) is 0.215. The molecule has 0 spiro atoms. The zero-order valence-electron chi connectivity index (χ0n) is 10.1. The Bertz CT molecular complexity index is 418. The van der Waals surface area contributed by atoms with Crippen LogP contribution in [-0.4, -0.2) is 17.6 Å². The van der Waals surface area contributed by atoms with Crippen molar-refractivity contribution in [1.29, 1.82) is 0 Å². The molecule has 1 aliphatic carbocycles. The van der Waals surface area contributed by atoms with E-state index in [0.29, 0.717) is 5.11 Å². The summed E-state index contributed by atoms with van der Waals surface area (Å²) >= 11 is 5.06. The van der Waals surface area contributed by atoms with E-state index in [2.05, 4.69) is 28.3 Å². The molecule has 1 aromatic rings. The highest BCUT2D eigenvalue weighted by Gasteiger charge is 2.29. The summed E-state index contributed by atoms with van der Waals surface area (Å²) in [5, 5.41) is 3.51. The van der Waals surface area contributed by atoms with Crippen LogP contribution in [0.15, 0.2) is 30.3 Å². The quantitative estimate of drug-likeness (QED) is 0.563. The van der Waals surface area contributed by atoms with Gasteiger partial charge >= 0.3 is 0 Å². The Hall–Kier alpha value is -1.62. The van der Waals surface area contributed by atoms with Crippen LogP contribution in [0.5, 0.6) is 0 Å². The van der Waals surface area contributed by atoms with E-state index < -0.39 is 0 Å². The number of hydrogen-bond acceptors (Lipinski definition) is 2. The zero-order valence-corrected chi connectivity index (χ0v) is 10.9. The minimum absolute atomic E-state index is 0.0298. The lowest BCUT2D eigenvalue weighted by molar-refractivity contribution is -0.122. The highest BCUT2D eigenvalue weighted by Crippen LogP contribution is 2.28. The van der Waals surface area contributed by atoms with Gasteiger partial charge in [-0.1, -0.05) is 30.3 Å². The summed E-state index contributed by atoms with van der Waals surface area (Å²) in [7, 11) is 0. The van der Waals surface area contributed by atoms with Crippen molar-refractivity contribution in [2.45, 2.75) is 19.3 Å². The van der Waals surface area contributed by atoms with Crippen molar-refractivity contribution in [3.63, 3.8) is 0 Å². The van der Waals surface area contributed by atoms with Gasteiger partial charge in [0.1, 0.15) is 0 Å². The van der Waals surface area contributed by atoms with Gasteiger partial charge in [-0.2, -0.15) is 0 Å². The average molecular weight is 263 g/mol. The standard InChI is InChI=1S/C13H17N3OS/c17-12(11-6-7-11)15-16-13(18)14-9-8-10-4-2-1-3-5-10/h1-5,11H,6-9H2,(H,15,17)(H2,14,16,18). The number of nitrogens with one attached hydrogen (secondary N) is 3. The van der Waals surface area contributed by atoms with Crippen molar-refractivity contribution in [3.05, 3.63) is 35.9 Å². The molecule has 1 amide bonds. The molecule has 0 unspecified atom stereocenters. The molecule has 5 heteroatoms. The summed E-state index contributed by atoms with van der Waals surface area (Å²) in [6, 6.07) is 10.2. The maximum Gasteiger partial charge on any atom is 0.241 e. The van der Waals surface area contributed by atoms with E-state index in [0.717, 1.165) is 25.8 Å². The minimum Gasteiger partial charge on any atom is -0.361 e. The molecular weight excluding hydrogens is 246 g/mol. The Balaban J connectivity index is 1.58. The Kier molecular flexibility index (Phi) is 4.52. The van der Waals surface area contributed by atoms with Gasteiger partial charge in [-0.15, -0.1) is 0 Å². The van der Waals surface area contributed by atoms with Gasteiger partial charge in [-0.25, -0.2) is 0 Å². The van der Waals surface area contributed by atoms with E-state index in [-0.39, 0.29) is 11.8 Å². The molecule has 0 bridgehead atoms. The number of carbonyl (C=O) groups is 1. The number of carbonyl (C=O) groups excluding carboxylic acids is 1. The predicted molar refractivity (Wildman–Crippen MR) is 74.7 cm³/mol. The fourth-order valence-electron chi connectivity index (χ4n) is 1.58. The maximum absolute atomic E-state index is 11.3. The molecule has 1 saturated carbocycles. The number of thiocarbonyl (C=S) groups is 1. The van der Waals surface area contributed by atoms with Gasteiger partial charge in [0.15, 0.2) is 5.11 Å². The molecule has 3 N–H and O–H groups in total. The summed E-state index contributed by atoms with van der Waals surface area (Å²) in [6.07, 6.45) is 2.88. The molecule has 1 aromatic carbocycles. The van der Waals surface area contributed by atoms with Crippen LogP contribution in [0.2, 0.25) is 0 Å². The highest BCUT2D eigenvalue weighted by molar-refractivity contribution is 7.80. The van der Waals surface area contributed by atoms with Crippen molar-refractivity contribution >= 4 is 23.2 Å². The summed E-state index contributed by atoms with van der Waals surface area (Å²) in [6.45, 7) is 0.745. The molecule has 4 nitrogen and oxygen atoms in total. The third kappa shape index (κ3) is 4.33. The summed E-state index contributed by atoms with van der Waals surface area (Å²) in [5.41, 5.74) is 6.57. The monoisotopic (exact) mass is 263 g/mol. The largest absolute Gasteiger partial charge is 0.361 e. The number of rotatable bonds is 4. The lowest BCUT2D eigenvalue weighted by Crippen LogP contribution is -2.47. The molecule has 0 aromatic heterocycles. The lowest BCUT2D eigenvalue weighted by atomic mass is 10.1. The molecule has 0 aliphatic heterocycles. The molecule has 0 atom stereocenters. The first kappa shape index (κ1) is 12.8. The van der Waals surface area contributed by atoms with Gasteiger partial charge in [-0.05, 0) is 37.0 Å². The molecule has 0 heterocycles. The molecule has 0 saturated heterocycles. The van der Waals surface area contributed by atoms with Gasteiger partial charge < -0.3 is 5.32 Å². The van der Waals surface area contributed by atoms with Crippen LogP contribution >= 0.6 is 12.2 Å². The van der Waals surface area contributed by atoms with Crippen LogP contribution < -0.4 is 16.2 Å². The fraction of sp³-hybridized carbons (Fsp3) is 0.385. The normalized spacial score (nSPS) is 13.8. The fourth-order valence-corrected chi connectivity index (χ4v) is 1.73. The summed E-state index contributed by atoms with van der Waals surface area (Å²) < 4.78 is 0. The minimum atomic E-state index is 0.0298. The van der Waals surface area contributed by atoms with Crippen molar-refractivity contribution in [2.24, 2.45) is 5.92 Å². The molecule has 0 radical (unpaired) electrons. The molecule has 96 valence electrons. The third-order valence-electron chi connectivity index (χ3n) is 2.79. The first-order chi connectivity index (χ1) is 8.75. The van der Waals surface area contributed by atoms with Crippen LogP contribution in [0.4, 0.5) is 0 Å². The van der Waals surface area contributed by atoms with Crippen LogP contribution in [0.1, 0.15) is 18.4 Å². The second-order valence-electron chi connectivity index (χ2n) is 4.38. The number of hydrogen-bond donors (Lipinski definition) is 3. The van der Waals surface area contributed by atoms with E-state index >= 15 is 0 Å². The van der Waals surface area contributed by atoms with Gasteiger partial charge in [0.05, 0.1) is 0 Å². The maximum atomic E-state index is 11.3. The van der Waals surface area contributed by atoms with Crippen molar-refractivity contribution in [3.8, 4) is 0 Å². The Morgan fingerprint density at radius 3 is 2.61 bits per heavy atom. The molecule has 18 heavy (non-hydrogen) atoms. The van der Waals surface area contributed by atoms with E-state index in [1.54, 1.807) is 0 Å². The zero-order chi connectivity index (χ0) is 12.8. The van der Waals surface area contributed by atoms with E-state index in [1.165, 1.54) is 5.56 Å². The number of amides is 1. The Labute approximate surface area is 112 Å². The van der Waals surface area contributed by atoms with Crippen LogP contribution in [0.3, 0.4) is 0 Å².